The molecule has 7 heteroatoms. The van der Waals surface area contributed by atoms with E-state index in [0.29, 0.717) is 23.4 Å². The number of fused-ring (bicyclic) bond motifs is 1. The molecule has 0 unspecified atom stereocenters. The van der Waals surface area contributed by atoms with Gasteiger partial charge in [0.25, 0.3) is 0 Å². The Kier molecular flexibility index (Phi) is 3.55. The van der Waals surface area contributed by atoms with Crippen LogP contribution in [-0.2, 0) is 6.42 Å². The fraction of sp³-hybridized carbons (Fsp3) is 0.143. The van der Waals surface area contributed by atoms with Gasteiger partial charge in [-0.1, -0.05) is 0 Å². The topological polar surface area (TPSA) is 30.7 Å². The zero-order valence-corrected chi connectivity index (χ0v) is 11.4. The van der Waals surface area contributed by atoms with Crippen LogP contribution >= 0.6 is 11.6 Å². The standard InChI is InChI=1S/C14H9ClF3N3/c15-6-5-11-20-9-2-1-7-19-14(9)21(11)10-4-3-8(16)12(17)13(10)18/h1-4,7H,5-6H2. The van der Waals surface area contributed by atoms with Gasteiger partial charge in [0.15, 0.2) is 23.1 Å². The van der Waals surface area contributed by atoms with Crippen molar-refractivity contribution in [2.45, 2.75) is 6.42 Å². The van der Waals surface area contributed by atoms with E-state index in [1.54, 1.807) is 12.1 Å². The molecule has 0 fully saturated rings. The third-order valence-corrected chi connectivity index (χ3v) is 3.25. The monoisotopic (exact) mass is 311 g/mol. The normalized spacial score (nSPS) is 11.2. The van der Waals surface area contributed by atoms with Gasteiger partial charge in [0, 0.05) is 18.5 Å². The summed E-state index contributed by atoms with van der Waals surface area (Å²) in [5.41, 5.74) is 0.750. The number of hydrogen-bond donors (Lipinski definition) is 0. The molecule has 108 valence electrons. The van der Waals surface area contributed by atoms with Gasteiger partial charge < -0.3 is 0 Å². The summed E-state index contributed by atoms with van der Waals surface area (Å²) in [6, 6.07) is 5.41. The summed E-state index contributed by atoms with van der Waals surface area (Å²) < 4.78 is 42.0. The van der Waals surface area contributed by atoms with E-state index in [4.69, 9.17) is 11.6 Å². The maximum absolute atomic E-state index is 14.0. The molecule has 0 aliphatic carbocycles. The molecular weight excluding hydrogens is 303 g/mol. The van der Waals surface area contributed by atoms with Crippen LogP contribution in [0.4, 0.5) is 13.2 Å². The third-order valence-electron chi connectivity index (χ3n) is 3.06. The summed E-state index contributed by atoms with van der Waals surface area (Å²) in [6.07, 6.45) is 1.86. The lowest BCUT2D eigenvalue weighted by atomic mass is 10.2. The average molecular weight is 312 g/mol. The maximum atomic E-state index is 14.0. The molecule has 0 spiro atoms. The first-order valence-corrected chi connectivity index (χ1v) is 6.69. The Morgan fingerprint density at radius 2 is 1.90 bits per heavy atom. The van der Waals surface area contributed by atoms with Crippen molar-refractivity contribution in [1.82, 2.24) is 14.5 Å². The van der Waals surface area contributed by atoms with E-state index in [1.807, 2.05) is 0 Å². The van der Waals surface area contributed by atoms with Crippen LogP contribution < -0.4 is 0 Å². The molecule has 3 nitrogen and oxygen atoms in total. The van der Waals surface area contributed by atoms with Crippen molar-refractivity contribution >= 4 is 22.8 Å². The molecule has 0 aliphatic rings. The van der Waals surface area contributed by atoms with E-state index in [9.17, 15) is 13.2 Å². The number of alkyl halides is 1. The van der Waals surface area contributed by atoms with E-state index in [2.05, 4.69) is 9.97 Å². The maximum Gasteiger partial charge on any atom is 0.196 e. The van der Waals surface area contributed by atoms with Gasteiger partial charge in [-0.3, -0.25) is 4.57 Å². The second kappa shape index (κ2) is 5.37. The van der Waals surface area contributed by atoms with Crippen LogP contribution in [0.3, 0.4) is 0 Å². The second-order valence-electron chi connectivity index (χ2n) is 4.34. The quantitative estimate of drug-likeness (QED) is 0.546. The molecular formula is C14H9ClF3N3. The van der Waals surface area contributed by atoms with E-state index in [1.165, 1.54) is 10.8 Å². The molecule has 0 atom stereocenters. The van der Waals surface area contributed by atoms with Crippen molar-refractivity contribution in [2.75, 3.05) is 5.88 Å². The van der Waals surface area contributed by atoms with Gasteiger partial charge >= 0.3 is 0 Å². The number of aromatic nitrogens is 3. The highest BCUT2D eigenvalue weighted by Gasteiger charge is 2.20. The highest BCUT2D eigenvalue weighted by Crippen LogP contribution is 2.25. The average Bonchev–Trinajstić information content (AvgIpc) is 2.84. The molecule has 0 radical (unpaired) electrons. The lowest BCUT2D eigenvalue weighted by Crippen LogP contribution is -2.07. The van der Waals surface area contributed by atoms with Crippen molar-refractivity contribution in [3.63, 3.8) is 0 Å². The zero-order chi connectivity index (χ0) is 15.0. The number of hydrogen-bond acceptors (Lipinski definition) is 2. The summed E-state index contributed by atoms with van der Waals surface area (Å²) >= 11 is 5.72. The van der Waals surface area contributed by atoms with Gasteiger partial charge in [0.1, 0.15) is 11.3 Å². The Morgan fingerprint density at radius 1 is 1.10 bits per heavy atom. The van der Waals surface area contributed by atoms with Gasteiger partial charge in [-0.25, -0.2) is 23.1 Å². The number of imidazole rings is 1. The number of nitrogens with zero attached hydrogens (tertiary/aromatic N) is 3. The molecule has 2 heterocycles. The summed E-state index contributed by atoms with van der Waals surface area (Å²) in [7, 11) is 0. The third kappa shape index (κ3) is 2.25. The molecule has 0 saturated carbocycles. The fourth-order valence-corrected chi connectivity index (χ4v) is 2.32. The van der Waals surface area contributed by atoms with Crippen LogP contribution in [0.5, 0.6) is 0 Å². The number of rotatable bonds is 3. The van der Waals surface area contributed by atoms with E-state index in [-0.39, 0.29) is 11.6 Å². The van der Waals surface area contributed by atoms with Crippen LogP contribution in [0.25, 0.3) is 16.9 Å². The molecule has 21 heavy (non-hydrogen) atoms. The lowest BCUT2D eigenvalue weighted by molar-refractivity contribution is 0.444. The van der Waals surface area contributed by atoms with E-state index < -0.39 is 17.5 Å². The fourth-order valence-electron chi connectivity index (χ4n) is 2.15. The molecule has 0 N–H and O–H groups in total. The summed E-state index contributed by atoms with van der Waals surface area (Å²) in [4.78, 5) is 8.43. The lowest BCUT2D eigenvalue weighted by Gasteiger charge is -2.09. The number of halogens is 4. The second-order valence-corrected chi connectivity index (χ2v) is 4.72. The first-order valence-electron chi connectivity index (χ1n) is 6.15. The molecule has 0 amide bonds. The predicted octanol–water partition coefficient (Wildman–Crippen LogP) is 3.62. The molecule has 1 aromatic carbocycles. The van der Waals surface area contributed by atoms with E-state index >= 15 is 0 Å². The smallest absolute Gasteiger partial charge is 0.196 e. The van der Waals surface area contributed by atoms with Crippen molar-refractivity contribution in [3.05, 3.63) is 53.7 Å². The van der Waals surface area contributed by atoms with E-state index in [0.717, 1.165) is 12.1 Å². The molecule has 0 saturated heterocycles. The minimum absolute atomic E-state index is 0.143. The molecule has 0 aliphatic heterocycles. The van der Waals surface area contributed by atoms with Gasteiger partial charge in [0.2, 0.25) is 0 Å². The summed E-state index contributed by atoms with van der Waals surface area (Å²) in [5.74, 6) is -3.36. The molecule has 2 aromatic heterocycles. The minimum atomic E-state index is -1.53. The van der Waals surface area contributed by atoms with Crippen LogP contribution in [-0.4, -0.2) is 20.4 Å². The molecule has 3 rings (SSSR count). The van der Waals surface area contributed by atoms with Crippen molar-refractivity contribution < 1.29 is 13.2 Å². The summed E-state index contributed by atoms with van der Waals surface area (Å²) in [5, 5.41) is 0. The van der Waals surface area contributed by atoms with Gasteiger partial charge in [-0.05, 0) is 24.3 Å². The number of benzene rings is 1. The Balaban J connectivity index is 2.33. The van der Waals surface area contributed by atoms with Crippen molar-refractivity contribution in [2.24, 2.45) is 0 Å². The Morgan fingerprint density at radius 3 is 2.67 bits per heavy atom. The van der Waals surface area contributed by atoms with Gasteiger partial charge in [0.05, 0.1) is 5.69 Å². The first-order chi connectivity index (χ1) is 10.1. The SMILES string of the molecule is Fc1ccc(-n2c(CCCl)nc3cccnc32)c(F)c1F. The Hall–Kier alpha value is -2.08. The predicted molar refractivity (Wildman–Crippen MR) is 73.2 cm³/mol. The Bertz CT molecular complexity index is 817. The largest absolute Gasteiger partial charge is 0.278 e. The van der Waals surface area contributed by atoms with Crippen molar-refractivity contribution in [3.8, 4) is 5.69 Å². The highest BCUT2D eigenvalue weighted by molar-refractivity contribution is 6.17. The Labute approximate surface area is 123 Å². The number of aryl methyl sites for hydroxylation is 1. The highest BCUT2D eigenvalue weighted by atomic mass is 35.5. The first kappa shape index (κ1) is 13.9. The number of pyridine rings is 1. The minimum Gasteiger partial charge on any atom is -0.278 e. The zero-order valence-electron chi connectivity index (χ0n) is 10.7. The van der Waals surface area contributed by atoms with Gasteiger partial charge in [-0.2, -0.15) is 0 Å². The van der Waals surface area contributed by atoms with Crippen LogP contribution in [0.1, 0.15) is 5.82 Å². The molecule has 3 aromatic rings. The summed E-state index contributed by atoms with van der Waals surface area (Å²) in [6.45, 7) is 0. The van der Waals surface area contributed by atoms with Gasteiger partial charge in [-0.15, -0.1) is 11.6 Å². The van der Waals surface area contributed by atoms with Crippen LogP contribution in [0.2, 0.25) is 0 Å². The van der Waals surface area contributed by atoms with Crippen LogP contribution in [0.15, 0.2) is 30.5 Å². The van der Waals surface area contributed by atoms with Crippen molar-refractivity contribution in [1.29, 1.82) is 0 Å². The molecule has 0 bridgehead atoms. The van der Waals surface area contributed by atoms with Crippen LogP contribution in [0, 0.1) is 17.5 Å².